The van der Waals surface area contributed by atoms with E-state index < -0.39 is 11.8 Å². The molecule has 3 aromatic rings. The van der Waals surface area contributed by atoms with Crippen LogP contribution in [0.15, 0.2) is 70.2 Å². The van der Waals surface area contributed by atoms with Gasteiger partial charge in [0.15, 0.2) is 11.5 Å². The van der Waals surface area contributed by atoms with E-state index in [-0.39, 0.29) is 6.61 Å². The van der Waals surface area contributed by atoms with Crippen molar-refractivity contribution >= 4 is 62.8 Å². The molecule has 0 radical (unpaired) electrons. The van der Waals surface area contributed by atoms with E-state index >= 15 is 0 Å². The quantitative estimate of drug-likeness (QED) is 0.205. The number of amides is 2. The highest BCUT2D eigenvalue weighted by Crippen LogP contribution is 2.31. The molecule has 10 heteroatoms. The molecule has 2 N–H and O–H groups in total. The van der Waals surface area contributed by atoms with Gasteiger partial charge in [-0.1, -0.05) is 45.2 Å². The number of hydrogen-bond acceptors (Lipinski definition) is 5. The molecule has 0 heterocycles. The molecule has 0 unspecified atom stereocenters. The van der Waals surface area contributed by atoms with Crippen LogP contribution in [-0.2, 0) is 16.2 Å². The molecular weight excluding hydrogens is 545 g/mol. The number of carbonyl (C=O) groups is 2. The predicted octanol–water partition coefficient (Wildman–Crippen LogP) is 5.82. The van der Waals surface area contributed by atoms with Crippen LogP contribution in [0.5, 0.6) is 11.5 Å². The lowest BCUT2D eigenvalue weighted by molar-refractivity contribution is -0.136. The highest BCUT2D eigenvalue weighted by molar-refractivity contribution is 9.10. The molecule has 7 nitrogen and oxygen atoms in total. The van der Waals surface area contributed by atoms with Crippen LogP contribution < -0.4 is 20.2 Å². The van der Waals surface area contributed by atoms with Crippen molar-refractivity contribution in [2.24, 2.45) is 5.10 Å². The molecule has 0 saturated heterocycles. The molecule has 3 rings (SSSR count). The van der Waals surface area contributed by atoms with Crippen LogP contribution in [-0.4, -0.2) is 24.6 Å². The lowest BCUT2D eigenvalue weighted by Crippen LogP contribution is -2.32. The Kier molecular flexibility index (Phi) is 9.33. The van der Waals surface area contributed by atoms with Gasteiger partial charge in [0, 0.05) is 25.8 Å². The summed E-state index contributed by atoms with van der Waals surface area (Å²) in [5.41, 5.74) is 3.98. The summed E-state index contributed by atoms with van der Waals surface area (Å²) in [5.74, 6) is -0.765. The Balaban J connectivity index is 1.61. The molecule has 2 amide bonds. The van der Waals surface area contributed by atoms with Crippen LogP contribution in [0.3, 0.4) is 0 Å². The average molecular weight is 565 g/mol. The van der Waals surface area contributed by atoms with Crippen LogP contribution in [0.4, 0.5) is 5.69 Å². The van der Waals surface area contributed by atoms with Crippen LogP contribution in [0.25, 0.3) is 0 Å². The highest BCUT2D eigenvalue weighted by atomic mass is 79.9. The van der Waals surface area contributed by atoms with E-state index in [4.69, 9.17) is 32.7 Å². The minimum Gasteiger partial charge on any atom is -0.490 e. The van der Waals surface area contributed by atoms with Crippen LogP contribution in [0.1, 0.15) is 18.1 Å². The smallest absolute Gasteiger partial charge is 0.329 e. The van der Waals surface area contributed by atoms with Crippen LogP contribution >= 0.6 is 39.1 Å². The van der Waals surface area contributed by atoms with Crippen LogP contribution in [0.2, 0.25) is 10.0 Å². The monoisotopic (exact) mass is 563 g/mol. The highest BCUT2D eigenvalue weighted by Gasteiger charge is 2.13. The van der Waals surface area contributed by atoms with E-state index in [1.807, 2.05) is 6.92 Å². The first-order chi connectivity index (χ1) is 16.4. The van der Waals surface area contributed by atoms with Crippen molar-refractivity contribution in [1.29, 1.82) is 0 Å². The van der Waals surface area contributed by atoms with Crippen molar-refractivity contribution in [2.45, 2.75) is 13.5 Å². The van der Waals surface area contributed by atoms with E-state index in [2.05, 4.69) is 31.8 Å². The standard InChI is InChI=1S/C24H20BrCl2N3O4/c1-2-33-22-12-15(6-11-21(22)34-14-18-19(26)4-3-5-20(18)27)13-28-30-24(32)23(31)29-17-9-7-16(25)8-10-17/h3-13H,2,14H2,1H3,(H,29,31)(H,30,32)/b28-13+. The molecule has 0 atom stereocenters. The average Bonchev–Trinajstić information content (AvgIpc) is 2.81. The summed E-state index contributed by atoms with van der Waals surface area (Å²) in [6.07, 6.45) is 1.39. The lowest BCUT2D eigenvalue weighted by Gasteiger charge is -2.14. The number of hydrogen-bond donors (Lipinski definition) is 2. The van der Waals surface area contributed by atoms with Crippen LogP contribution in [0, 0.1) is 0 Å². The molecule has 0 aliphatic carbocycles. The number of nitrogens with one attached hydrogen (secondary N) is 2. The van der Waals surface area contributed by atoms with Crippen molar-refractivity contribution in [2.75, 3.05) is 11.9 Å². The fraction of sp³-hybridized carbons (Fsp3) is 0.125. The van der Waals surface area contributed by atoms with Crippen molar-refractivity contribution in [3.05, 3.63) is 86.3 Å². The topological polar surface area (TPSA) is 89.0 Å². The number of nitrogens with zero attached hydrogens (tertiary/aromatic N) is 1. The number of hydrazone groups is 1. The third-order valence-electron chi connectivity index (χ3n) is 4.39. The first kappa shape index (κ1) is 25.6. The summed E-state index contributed by atoms with van der Waals surface area (Å²) in [7, 11) is 0. The minimum absolute atomic E-state index is 0.162. The van der Waals surface area contributed by atoms with Gasteiger partial charge >= 0.3 is 11.8 Å². The third-order valence-corrected chi connectivity index (χ3v) is 5.63. The summed E-state index contributed by atoms with van der Waals surface area (Å²) < 4.78 is 12.4. The maximum atomic E-state index is 12.0. The normalized spacial score (nSPS) is 10.7. The Hall–Kier alpha value is -3.07. The summed E-state index contributed by atoms with van der Waals surface area (Å²) in [5, 5.41) is 7.34. The number of halogens is 3. The van der Waals surface area contributed by atoms with Crippen molar-refractivity contribution < 1.29 is 19.1 Å². The molecule has 0 aromatic heterocycles. The zero-order valence-corrected chi connectivity index (χ0v) is 21.1. The Morgan fingerprint density at radius 3 is 2.35 bits per heavy atom. The van der Waals surface area contributed by atoms with Crippen molar-refractivity contribution in [3.8, 4) is 11.5 Å². The first-order valence-electron chi connectivity index (χ1n) is 10.1. The Morgan fingerprint density at radius 1 is 0.971 bits per heavy atom. The van der Waals surface area contributed by atoms with E-state index in [0.29, 0.717) is 45.0 Å². The van der Waals surface area contributed by atoms with Gasteiger partial charge in [-0.2, -0.15) is 5.10 Å². The Morgan fingerprint density at radius 2 is 1.68 bits per heavy atom. The zero-order valence-electron chi connectivity index (χ0n) is 18.0. The maximum Gasteiger partial charge on any atom is 0.329 e. The van der Waals surface area contributed by atoms with Gasteiger partial charge in [0.25, 0.3) is 0 Å². The number of carbonyl (C=O) groups excluding carboxylic acids is 2. The van der Waals surface area contributed by atoms with Gasteiger partial charge in [-0.3, -0.25) is 9.59 Å². The molecule has 0 fully saturated rings. The van der Waals surface area contributed by atoms with Crippen molar-refractivity contribution in [3.63, 3.8) is 0 Å². The molecule has 34 heavy (non-hydrogen) atoms. The van der Waals surface area contributed by atoms with E-state index in [1.54, 1.807) is 60.7 Å². The second-order valence-electron chi connectivity index (χ2n) is 6.79. The molecule has 176 valence electrons. The summed E-state index contributed by atoms with van der Waals surface area (Å²) >= 11 is 15.7. The predicted molar refractivity (Wildman–Crippen MR) is 137 cm³/mol. The zero-order chi connectivity index (χ0) is 24.5. The SMILES string of the molecule is CCOc1cc(/C=N/NC(=O)C(=O)Nc2ccc(Br)cc2)ccc1OCc1c(Cl)cccc1Cl. The van der Waals surface area contributed by atoms with Gasteiger partial charge in [-0.05, 0) is 67.1 Å². The summed E-state index contributed by atoms with van der Waals surface area (Å²) in [4.78, 5) is 24.0. The molecule has 0 bridgehead atoms. The number of benzene rings is 3. The lowest BCUT2D eigenvalue weighted by atomic mass is 10.2. The van der Waals surface area contributed by atoms with E-state index in [1.165, 1.54) is 6.21 Å². The molecule has 0 aliphatic rings. The largest absolute Gasteiger partial charge is 0.490 e. The van der Waals surface area contributed by atoms with E-state index in [9.17, 15) is 9.59 Å². The fourth-order valence-electron chi connectivity index (χ4n) is 2.75. The number of rotatable bonds is 8. The van der Waals surface area contributed by atoms with Gasteiger partial charge in [0.05, 0.1) is 12.8 Å². The van der Waals surface area contributed by atoms with Gasteiger partial charge in [0.2, 0.25) is 0 Å². The van der Waals surface area contributed by atoms with Gasteiger partial charge in [0.1, 0.15) is 6.61 Å². The molecule has 0 saturated carbocycles. The Labute approximate surface area is 215 Å². The number of anilines is 1. The molecular formula is C24H20BrCl2N3O4. The molecule has 0 spiro atoms. The second kappa shape index (κ2) is 12.4. The molecule has 3 aromatic carbocycles. The van der Waals surface area contributed by atoms with Gasteiger partial charge in [-0.25, -0.2) is 5.43 Å². The first-order valence-corrected chi connectivity index (χ1v) is 11.6. The summed E-state index contributed by atoms with van der Waals surface area (Å²) in [6.45, 7) is 2.42. The maximum absolute atomic E-state index is 12.0. The molecule has 0 aliphatic heterocycles. The minimum atomic E-state index is -0.902. The van der Waals surface area contributed by atoms with E-state index in [0.717, 1.165) is 4.47 Å². The number of ether oxygens (including phenoxy) is 2. The fourth-order valence-corrected chi connectivity index (χ4v) is 3.52. The van der Waals surface area contributed by atoms with Gasteiger partial charge in [-0.15, -0.1) is 0 Å². The summed E-state index contributed by atoms with van der Waals surface area (Å²) in [6, 6.07) is 17.2. The third kappa shape index (κ3) is 7.21. The Bertz CT molecular complexity index is 1180. The van der Waals surface area contributed by atoms with Crippen molar-refractivity contribution in [1.82, 2.24) is 5.43 Å². The van der Waals surface area contributed by atoms with Gasteiger partial charge < -0.3 is 14.8 Å². The second-order valence-corrected chi connectivity index (χ2v) is 8.52.